The molecular weight excluding hydrogens is 233 g/mol. The molecule has 0 atom stereocenters. The fraction of sp³-hybridized carbons (Fsp3) is 0.100. The molecule has 1 aromatic heterocycles. The molecule has 2 aromatic rings. The fourth-order valence-corrected chi connectivity index (χ4v) is 1.32. The van der Waals surface area contributed by atoms with E-state index in [9.17, 15) is 0 Å². The number of nitrogens with zero attached hydrogens (tertiary/aromatic N) is 1. The topological polar surface area (TPSA) is 54.7 Å². The predicted molar refractivity (Wildman–Crippen MR) is 66.4 cm³/mol. The second-order valence-electron chi connectivity index (χ2n) is 2.84. The Bertz CT molecular complexity index is 387. The van der Waals surface area contributed by atoms with Crippen LogP contribution in [-0.4, -0.2) is 10.2 Å². The van der Waals surface area contributed by atoms with Crippen LogP contribution < -0.4 is 5.73 Å². The van der Waals surface area contributed by atoms with Crippen molar-refractivity contribution < 1.29 is 0 Å². The molecule has 0 saturated heterocycles. The van der Waals surface area contributed by atoms with Gasteiger partial charge in [0.25, 0.3) is 0 Å². The number of hydrogen-bond donors (Lipinski definition) is 2. The van der Waals surface area contributed by atoms with Gasteiger partial charge in [-0.3, -0.25) is 5.10 Å². The summed E-state index contributed by atoms with van der Waals surface area (Å²) < 4.78 is 0. The second-order valence-corrected chi connectivity index (χ2v) is 2.84. The highest BCUT2D eigenvalue weighted by atomic mass is 35.5. The number of benzene rings is 1. The maximum atomic E-state index is 5.57. The summed E-state index contributed by atoms with van der Waals surface area (Å²) in [6.45, 7) is 0.515. The van der Waals surface area contributed by atoms with E-state index in [0.717, 1.165) is 16.8 Å². The van der Waals surface area contributed by atoms with Gasteiger partial charge in [-0.1, -0.05) is 30.3 Å². The number of H-pyrrole nitrogens is 1. The van der Waals surface area contributed by atoms with Gasteiger partial charge in [0.05, 0.1) is 11.9 Å². The van der Waals surface area contributed by atoms with Gasteiger partial charge in [-0.25, -0.2) is 0 Å². The number of hydrogen-bond acceptors (Lipinski definition) is 2. The van der Waals surface area contributed by atoms with E-state index in [-0.39, 0.29) is 24.8 Å². The van der Waals surface area contributed by atoms with Crippen molar-refractivity contribution in [3.63, 3.8) is 0 Å². The lowest BCUT2D eigenvalue weighted by atomic mass is 10.1. The molecule has 0 aliphatic rings. The molecule has 15 heavy (non-hydrogen) atoms. The molecule has 0 bridgehead atoms. The van der Waals surface area contributed by atoms with Crippen LogP contribution in [0.4, 0.5) is 0 Å². The minimum absolute atomic E-state index is 0. The van der Waals surface area contributed by atoms with Gasteiger partial charge in [-0.2, -0.15) is 5.10 Å². The first-order valence-electron chi connectivity index (χ1n) is 4.19. The van der Waals surface area contributed by atoms with E-state index >= 15 is 0 Å². The molecule has 0 fully saturated rings. The fourth-order valence-electron chi connectivity index (χ4n) is 1.32. The van der Waals surface area contributed by atoms with Crippen LogP contribution >= 0.6 is 24.8 Å². The molecule has 3 N–H and O–H groups in total. The molecule has 1 aromatic carbocycles. The highest BCUT2D eigenvalue weighted by Crippen LogP contribution is 2.19. The Labute approximate surface area is 101 Å². The van der Waals surface area contributed by atoms with E-state index in [1.807, 2.05) is 30.3 Å². The lowest BCUT2D eigenvalue weighted by Crippen LogP contribution is -1.96. The van der Waals surface area contributed by atoms with Gasteiger partial charge < -0.3 is 5.73 Å². The van der Waals surface area contributed by atoms with Crippen molar-refractivity contribution >= 4 is 24.8 Å². The Kier molecular flexibility index (Phi) is 6.01. The number of aromatic nitrogens is 2. The lowest BCUT2D eigenvalue weighted by molar-refractivity contribution is 1.08. The normalized spacial score (nSPS) is 8.87. The molecule has 0 unspecified atom stereocenters. The number of nitrogens with one attached hydrogen (secondary N) is 1. The van der Waals surface area contributed by atoms with Crippen molar-refractivity contribution in [1.29, 1.82) is 0 Å². The first kappa shape index (κ1) is 14.0. The zero-order chi connectivity index (χ0) is 9.10. The Morgan fingerprint density at radius 2 is 1.80 bits per heavy atom. The molecule has 0 radical (unpaired) electrons. The van der Waals surface area contributed by atoms with Crippen LogP contribution in [0, 0.1) is 0 Å². The molecule has 1 heterocycles. The van der Waals surface area contributed by atoms with Gasteiger partial charge in [-0.05, 0) is 5.56 Å². The summed E-state index contributed by atoms with van der Waals surface area (Å²) in [4.78, 5) is 0. The Hall–Kier alpha value is -1.03. The van der Waals surface area contributed by atoms with E-state index < -0.39 is 0 Å². The minimum atomic E-state index is 0. The second kappa shape index (κ2) is 6.45. The average molecular weight is 246 g/mol. The van der Waals surface area contributed by atoms with Crippen molar-refractivity contribution in [2.24, 2.45) is 5.73 Å². The third-order valence-electron chi connectivity index (χ3n) is 2.00. The van der Waals surface area contributed by atoms with Gasteiger partial charge in [0.15, 0.2) is 0 Å². The van der Waals surface area contributed by atoms with Crippen LogP contribution in [0.5, 0.6) is 0 Å². The van der Waals surface area contributed by atoms with Crippen molar-refractivity contribution in [2.45, 2.75) is 6.54 Å². The van der Waals surface area contributed by atoms with Crippen molar-refractivity contribution in [2.75, 3.05) is 0 Å². The SMILES string of the molecule is Cl.Cl.NCc1cn[nH]c1-c1ccccc1. The zero-order valence-electron chi connectivity index (χ0n) is 8.01. The zero-order valence-corrected chi connectivity index (χ0v) is 9.65. The summed E-state index contributed by atoms with van der Waals surface area (Å²) in [6.07, 6.45) is 1.77. The molecule has 0 saturated carbocycles. The molecule has 5 heteroatoms. The highest BCUT2D eigenvalue weighted by molar-refractivity contribution is 5.85. The minimum Gasteiger partial charge on any atom is -0.326 e. The van der Waals surface area contributed by atoms with Crippen molar-refractivity contribution in [3.8, 4) is 11.3 Å². The van der Waals surface area contributed by atoms with E-state index in [4.69, 9.17) is 5.73 Å². The predicted octanol–water partition coefficient (Wildman–Crippen LogP) is 2.38. The van der Waals surface area contributed by atoms with E-state index in [2.05, 4.69) is 10.2 Å². The smallest absolute Gasteiger partial charge is 0.0695 e. The van der Waals surface area contributed by atoms with Crippen molar-refractivity contribution in [3.05, 3.63) is 42.1 Å². The number of nitrogens with two attached hydrogens (primary N) is 1. The summed E-state index contributed by atoms with van der Waals surface area (Å²) in [5.41, 5.74) is 8.76. The number of aromatic amines is 1. The molecular formula is C10H13Cl2N3. The van der Waals surface area contributed by atoms with Gasteiger partial charge in [-0.15, -0.1) is 24.8 Å². The first-order chi connectivity index (χ1) is 6.42. The molecule has 82 valence electrons. The Balaban J connectivity index is 0.000000980. The van der Waals surface area contributed by atoms with E-state index in [1.54, 1.807) is 6.20 Å². The monoisotopic (exact) mass is 245 g/mol. The summed E-state index contributed by atoms with van der Waals surface area (Å²) >= 11 is 0. The van der Waals surface area contributed by atoms with Crippen LogP contribution in [-0.2, 0) is 6.54 Å². The van der Waals surface area contributed by atoms with Crippen LogP contribution in [0.2, 0.25) is 0 Å². The molecule has 0 aliphatic carbocycles. The maximum Gasteiger partial charge on any atom is 0.0695 e. The van der Waals surface area contributed by atoms with Gasteiger partial charge in [0.2, 0.25) is 0 Å². The molecule has 2 rings (SSSR count). The summed E-state index contributed by atoms with van der Waals surface area (Å²) in [5, 5.41) is 6.91. The van der Waals surface area contributed by atoms with Gasteiger partial charge in [0, 0.05) is 12.1 Å². The number of halogens is 2. The van der Waals surface area contributed by atoms with Gasteiger partial charge >= 0.3 is 0 Å². The Morgan fingerprint density at radius 3 is 2.40 bits per heavy atom. The summed E-state index contributed by atoms with van der Waals surface area (Å²) in [6, 6.07) is 10.0. The van der Waals surface area contributed by atoms with Crippen LogP contribution in [0.25, 0.3) is 11.3 Å². The quantitative estimate of drug-likeness (QED) is 0.854. The first-order valence-corrected chi connectivity index (χ1v) is 4.19. The third-order valence-corrected chi connectivity index (χ3v) is 2.00. The van der Waals surface area contributed by atoms with Crippen LogP contribution in [0.1, 0.15) is 5.56 Å². The molecule has 0 aliphatic heterocycles. The largest absolute Gasteiger partial charge is 0.326 e. The third kappa shape index (κ3) is 2.96. The maximum absolute atomic E-state index is 5.57. The van der Waals surface area contributed by atoms with Crippen LogP contribution in [0.3, 0.4) is 0 Å². The lowest BCUT2D eigenvalue weighted by Gasteiger charge is -1.99. The molecule has 3 nitrogen and oxygen atoms in total. The van der Waals surface area contributed by atoms with Crippen molar-refractivity contribution in [1.82, 2.24) is 10.2 Å². The number of rotatable bonds is 2. The Morgan fingerprint density at radius 1 is 1.13 bits per heavy atom. The highest BCUT2D eigenvalue weighted by Gasteiger charge is 2.04. The van der Waals surface area contributed by atoms with E-state index in [0.29, 0.717) is 6.54 Å². The van der Waals surface area contributed by atoms with Gasteiger partial charge in [0.1, 0.15) is 0 Å². The summed E-state index contributed by atoms with van der Waals surface area (Å²) in [5.74, 6) is 0. The standard InChI is InChI=1S/C10H11N3.2ClH/c11-6-9-7-12-13-10(9)8-4-2-1-3-5-8;;/h1-5,7H,6,11H2,(H,12,13);2*1H. The van der Waals surface area contributed by atoms with Crippen LogP contribution in [0.15, 0.2) is 36.5 Å². The van der Waals surface area contributed by atoms with E-state index in [1.165, 1.54) is 0 Å². The summed E-state index contributed by atoms with van der Waals surface area (Å²) in [7, 11) is 0. The molecule has 0 spiro atoms. The average Bonchev–Trinajstić information content (AvgIpc) is 2.67. The molecule has 0 amide bonds.